The molecule has 0 aliphatic carbocycles. The predicted octanol–water partition coefficient (Wildman–Crippen LogP) is 2.77. The summed E-state index contributed by atoms with van der Waals surface area (Å²) >= 11 is 3.50. The van der Waals surface area contributed by atoms with E-state index < -0.39 is 0 Å². The van der Waals surface area contributed by atoms with Crippen molar-refractivity contribution in [1.82, 2.24) is 0 Å². The average Bonchev–Trinajstić information content (AvgIpc) is 1.68. The lowest BCUT2D eigenvalue weighted by Crippen LogP contribution is -1.91. The lowest BCUT2D eigenvalue weighted by atomic mass is 10.2. The van der Waals surface area contributed by atoms with Crippen molar-refractivity contribution in [2.24, 2.45) is 0 Å². The van der Waals surface area contributed by atoms with Crippen molar-refractivity contribution in [3.05, 3.63) is 6.92 Å². The van der Waals surface area contributed by atoms with Gasteiger partial charge in [0, 0.05) is 4.83 Å². The van der Waals surface area contributed by atoms with Gasteiger partial charge in [0.2, 0.25) is 0 Å². The summed E-state index contributed by atoms with van der Waals surface area (Å²) in [4.78, 5) is 0.699. The summed E-state index contributed by atoms with van der Waals surface area (Å²) in [5.74, 6) is 0. The fourth-order valence-corrected chi connectivity index (χ4v) is 0.749. The molecule has 0 heterocycles. The van der Waals surface area contributed by atoms with Crippen molar-refractivity contribution >= 4 is 15.9 Å². The second kappa shape index (κ2) is 4.63. The Morgan fingerprint density at radius 3 is 2.43 bits per heavy atom. The predicted molar refractivity (Wildman–Crippen MR) is 37.6 cm³/mol. The van der Waals surface area contributed by atoms with Gasteiger partial charge in [0.1, 0.15) is 0 Å². The van der Waals surface area contributed by atoms with E-state index in [2.05, 4.69) is 29.8 Å². The molecule has 0 nitrogen and oxygen atoms in total. The SMILES string of the molecule is [CH2]CCC(Br)CC. The highest BCUT2D eigenvalue weighted by Crippen LogP contribution is 2.09. The van der Waals surface area contributed by atoms with Gasteiger partial charge in [-0.2, -0.15) is 0 Å². The molecule has 0 aromatic rings. The van der Waals surface area contributed by atoms with Gasteiger partial charge in [-0.15, -0.1) is 0 Å². The molecule has 1 atom stereocenters. The van der Waals surface area contributed by atoms with Gasteiger partial charge in [-0.3, -0.25) is 0 Å². The zero-order chi connectivity index (χ0) is 5.70. The second-order valence-electron chi connectivity index (χ2n) is 1.65. The molecule has 0 rings (SSSR count). The van der Waals surface area contributed by atoms with Crippen LogP contribution in [0.5, 0.6) is 0 Å². The first-order chi connectivity index (χ1) is 3.31. The molecule has 1 unspecified atom stereocenters. The molecule has 0 saturated carbocycles. The van der Waals surface area contributed by atoms with Crippen LogP contribution in [0.4, 0.5) is 0 Å². The van der Waals surface area contributed by atoms with Gasteiger partial charge < -0.3 is 0 Å². The highest BCUT2D eigenvalue weighted by molar-refractivity contribution is 9.09. The van der Waals surface area contributed by atoms with Gasteiger partial charge in [-0.25, -0.2) is 0 Å². The van der Waals surface area contributed by atoms with E-state index in [4.69, 9.17) is 0 Å². The second-order valence-corrected chi connectivity index (χ2v) is 2.94. The van der Waals surface area contributed by atoms with Crippen LogP contribution in [-0.4, -0.2) is 4.83 Å². The summed E-state index contributed by atoms with van der Waals surface area (Å²) in [6, 6.07) is 0. The number of alkyl halides is 1. The molecule has 0 fully saturated rings. The molecule has 0 aliphatic heterocycles. The maximum Gasteiger partial charge on any atom is 0.0143 e. The van der Waals surface area contributed by atoms with Crippen molar-refractivity contribution in [3.8, 4) is 0 Å². The van der Waals surface area contributed by atoms with Gasteiger partial charge in [-0.05, 0) is 12.8 Å². The Morgan fingerprint density at radius 1 is 1.71 bits per heavy atom. The average molecular weight is 164 g/mol. The highest BCUT2D eigenvalue weighted by atomic mass is 79.9. The molecule has 0 spiro atoms. The number of hydrogen-bond donors (Lipinski definition) is 0. The molecule has 0 N–H and O–H groups in total. The van der Waals surface area contributed by atoms with E-state index in [1.54, 1.807) is 0 Å². The van der Waals surface area contributed by atoms with Crippen LogP contribution in [0.25, 0.3) is 0 Å². The zero-order valence-electron chi connectivity index (χ0n) is 4.78. The van der Waals surface area contributed by atoms with Crippen LogP contribution in [0.3, 0.4) is 0 Å². The number of hydrogen-bond acceptors (Lipinski definition) is 0. The van der Waals surface area contributed by atoms with E-state index >= 15 is 0 Å². The van der Waals surface area contributed by atoms with E-state index in [9.17, 15) is 0 Å². The minimum Gasteiger partial charge on any atom is -0.0891 e. The smallest absolute Gasteiger partial charge is 0.0143 e. The number of halogens is 1. The molecule has 0 aromatic heterocycles. The first-order valence-electron chi connectivity index (χ1n) is 2.74. The van der Waals surface area contributed by atoms with E-state index in [0.717, 1.165) is 6.42 Å². The summed E-state index contributed by atoms with van der Waals surface area (Å²) in [6.45, 7) is 5.92. The third kappa shape index (κ3) is 4.33. The summed E-state index contributed by atoms with van der Waals surface area (Å²) in [6.07, 6.45) is 3.47. The van der Waals surface area contributed by atoms with Crippen LogP contribution in [0.1, 0.15) is 26.2 Å². The first-order valence-corrected chi connectivity index (χ1v) is 3.66. The minimum absolute atomic E-state index is 0.699. The van der Waals surface area contributed by atoms with Crippen molar-refractivity contribution in [2.45, 2.75) is 31.0 Å². The van der Waals surface area contributed by atoms with Crippen LogP contribution < -0.4 is 0 Å². The summed E-state index contributed by atoms with van der Waals surface area (Å²) < 4.78 is 0. The van der Waals surface area contributed by atoms with Crippen LogP contribution in [0.2, 0.25) is 0 Å². The molecule has 0 bridgehead atoms. The largest absolute Gasteiger partial charge is 0.0891 e. The highest BCUT2D eigenvalue weighted by Gasteiger charge is 1.94. The van der Waals surface area contributed by atoms with Crippen LogP contribution in [0, 0.1) is 6.92 Å². The Balaban J connectivity index is 2.83. The van der Waals surface area contributed by atoms with E-state index in [-0.39, 0.29) is 0 Å². The normalized spacial score (nSPS) is 14.1. The molecular weight excluding hydrogens is 152 g/mol. The van der Waals surface area contributed by atoms with Gasteiger partial charge in [0.15, 0.2) is 0 Å². The fourth-order valence-electron chi connectivity index (χ4n) is 0.426. The Kier molecular flexibility index (Phi) is 4.95. The monoisotopic (exact) mass is 163 g/mol. The van der Waals surface area contributed by atoms with Gasteiger partial charge in [-0.1, -0.05) is 36.2 Å². The van der Waals surface area contributed by atoms with Crippen LogP contribution in [-0.2, 0) is 0 Å². The molecule has 0 aromatic carbocycles. The minimum atomic E-state index is 0.699. The van der Waals surface area contributed by atoms with E-state index in [1.165, 1.54) is 12.8 Å². The molecule has 7 heavy (non-hydrogen) atoms. The Morgan fingerprint density at radius 2 is 2.29 bits per heavy atom. The number of rotatable bonds is 3. The van der Waals surface area contributed by atoms with Crippen LogP contribution in [0.15, 0.2) is 0 Å². The topological polar surface area (TPSA) is 0 Å². The maximum absolute atomic E-state index is 3.74. The molecule has 0 saturated heterocycles. The van der Waals surface area contributed by atoms with Crippen LogP contribution >= 0.6 is 15.9 Å². The Hall–Kier alpha value is 0.480. The summed E-state index contributed by atoms with van der Waals surface area (Å²) in [7, 11) is 0. The standard InChI is InChI=1S/C6H12Br/c1-3-5-6(7)4-2/h6H,1,3-5H2,2H3. The molecule has 1 radical (unpaired) electrons. The third-order valence-corrected chi connectivity index (χ3v) is 2.07. The van der Waals surface area contributed by atoms with Crippen molar-refractivity contribution in [3.63, 3.8) is 0 Å². The first kappa shape index (κ1) is 7.48. The lowest BCUT2D eigenvalue weighted by Gasteiger charge is -2.00. The van der Waals surface area contributed by atoms with Crippen molar-refractivity contribution < 1.29 is 0 Å². The Bertz CT molecular complexity index is 35.2. The van der Waals surface area contributed by atoms with Gasteiger partial charge >= 0.3 is 0 Å². The molecular formula is C6H12Br. The van der Waals surface area contributed by atoms with E-state index in [1.807, 2.05) is 0 Å². The molecule has 0 aliphatic rings. The summed E-state index contributed by atoms with van der Waals surface area (Å²) in [5.41, 5.74) is 0. The summed E-state index contributed by atoms with van der Waals surface area (Å²) in [5, 5.41) is 0. The van der Waals surface area contributed by atoms with Crippen molar-refractivity contribution in [2.75, 3.05) is 0 Å². The fraction of sp³-hybridized carbons (Fsp3) is 0.833. The maximum atomic E-state index is 3.74. The zero-order valence-corrected chi connectivity index (χ0v) is 6.37. The molecule has 0 amide bonds. The Labute approximate surface area is 54.4 Å². The van der Waals surface area contributed by atoms with Gasteiger partial charge in [0.05, 0.1) is 0 Å². The quantitative estimate of drug-likeness (QED) is 0.562. The molecule has 43 valence electrons. The van der Waals surface area contributed by atoms with E-state index in [0.29, 0.717) is 4.83 Å². The van der Waals surface area contributed by atoms with Crippen molar-refractivity contribution in [1.29, 1.82) is 0 Å². The lowest BCUT2D eigenvalue weighted by molar-refractivity contribution is 0.758. The third-order valence-electron chi connectivity index (χ3n) is 0.960. The molecule has 1 heteroatoms. The van der Waals surface area contributed by atoms with Gasteiger partial charge in [0.25, 0.3) is 0 Å².